The molecule has 1 aliphatic heterocycles. The molecule has 1 unspecified atom stereocenters. The number of carbonyl (C=O) groups is 1. The number of ether oxygens (including phenoxy) is 1. The normalized spacial score (nSPS) is 16.3. The third-order valence-corrected chi connectivity index (χ3v) is 7.15. The third kappa shape index (κ3) is 4.71. The second-order valence-electron chi connectivity index (χ2n) is 8.52. The molecule has 1 saturated heterocycles. The number of benzene rings is 1. The van der Waals surface area contributed by atoms with Crippen LogP contribution in [0.2, 0.25) is 0 Å². The van der Waals surface area contributed by atoms with E-state index in [1.54, 1.807) is 18.4 Å². The fourth-order valence-corrected chi connectivity index (χ4v) is 5.27. The Morgan fingerprint density at radius 1 is 1.22 bits per heavy atom. The molecule has 0 aliphatic carbocycles. The van der Waals surface area contributed by atoms with Crippen molar-refractivity contribution in [3.05, 3.63) is 46.5 Å². The van der Waals surface area contributed by atoms with Crippen molar-refractivity contribution in [3.8, 4) is 5.75 Å². The largest absolute Gasteiger partial charge is 0.494 e. The van der Waals surface area contributed by atoms with Crippen molar-refractivity contribution in [2.45, 2.75) is 38.6 Å². The number of nitrogens with two attached hydrogens (primary N) is 1. The smallest absolute Gasteiger partial charge is 0.219 e. The molecule has 0 radical (unpaired) electrons. The molecule has 4 rings (SSSR count). The summed E-state index contributed by atoms with van der Waals surface area (Å²) >= 11 is 1.66. The molecule has 1 aliphatic rings. The van der Waals surface area contributed by atoms with Gasteiger partial charge >= 0.3 is 0 Å². The number of amides is 1. The summed E-state index contributed by atoms with van der Waals surface area (Å²) in [7, 11) is 1.70. The number of pyridine rings is 1. The van der Waals surface area contributed by atoms with Gasteiger partial charge in [-0.2, -0.15) is 0 Å². The summed E-state index contributed by atoms with van der Waals surface area (Å²) in [5.41, 5.74) is 8.58. The average molecular weight is 454 g/mol. The Morgan fingerprint density at radius 2 is 2.06 bits per heavy atom. The monoisotopic (exact) mass is 453 g/mol. The summed E-state index contributed by atoms with van der Waals surface area (Å²) < 4.78 is 5.70. The van der Waals surface area contributed by atoms with Crippen molar-refractivity contribution in [2.24, 2.45) is 5.73 Å². The highest BCUT2D eigenvalue weighted by Gasteiger charge is 2.28. The number of methoxy groups -OCH3 is 1. The van der Waals surface area contributed by atoms with Gasteiger partial charge in [-0.3, -0.25) is 14.7 Å². The summed E-state index contributed by atoms with van der Waals surface area (Å²) in [6.07, 6.45) is 3.07. The van der Waals surface area contributed by atoms with E-state index in [2.05, 4.69) is 40.1 Å². The van der Waals surface area contributed by atoms with Crippen LogP contribution >= 0.6 is 11.3 Å². The molecule has 3 aromatic rings. The van der Waals surface area contributed by atoms with Gasteiger partial charge < -0.3 is 15.4 Å². The standard InChI is InChI=1S/C24H31N5O2S/c1-16(2)24-27-18(15-32-24)19(14-21(25)30)28-10-5-11-29(13-12-28)23-20(31-3)8-7-17-6-4-9-26-22(17)23/h4,6-9,15-16,19H,5,10-14H2,1-3H3,(H2,25,30). The van der Waals surface area contributed by atoms with Gasteiger partial charge in [0.15, 0.2) is 0 Å². The predicted molar refractivity (Wildman–Crippen MR) is 129 cm³/mol. The first-order valence-electron chi connectivity index (χ1n) is 11.1. The van der Waals surface area contributed by atoms with Crippen molar-refractivity contribution in [3.63, 3.8) is 0 Å². The summed E-state index contributed by atoms with van der Waals surface area (Å²) in [5, 5.41) is 4.28. The summed E-state index contributed by atoms with van der Waals surface area (Å²) in [4.78, 5) is 26.1. The van der Waals surface area contributed by atoms with E-state index in [1.165, 1.54) is 0 Å². The van der Waals surface area contributed by atoms with Gasteiger partial charge in [0.2, 0.25) is 5.91 Å². The minimum absolute atomic E-state index is 0.0938. The lowest BCUT2D eigenvalue weighted by atomic mass is 10.1. The van der Waals surface area contributed by atoms with Crippen molar-refractivity contribution in [1.82, 2.24) is 14.9 Å². The molecule has 170 valence electrons. The zero-order chi connectivity index (χ0) is 22.7. The van der Waals surface area contributed by atoms with Crippen LogP contribution in [0.3, 0.4) is 0 Å². The highest BCUT2D eigenvalue weighted by Crippen LogP contribution is 2.36. The van der Waals surface area contributed by atoms with Crippen LogP contribution in [0.4, 0.5) is 5.69 Å². The van der Waals surface area contributed by atoms with Crippen LogP contribution in [-0.4, -0.2) is 54.1 Å². The molecule has 32 heavy (non-hydrogen) atoms. The van der Waals surface area contributed by atoms with Gasteiger partial charge in [0.1, 0.15) is 11.4 Å². The van der Waals surface area contributed by atoms with Crippen LogP contribution in [0.5, 0.6) is 5.75 Å². The zero-order valence-electron chi connectivity index (χ0n) is 19.0. The van der Waals surface area contributed by atoms with Gasteiger partial charge in [-0.1, -0.05) is 19.9 Å². The lowest BCUT2D eigenvalue weighted by molar-refractivity contribution is -0.119. The van der Waals surface area contributed by atoms with E-state index >= 15 is 0 Å². The van der Waals surface area contributed by atoms with E-state index in [1.807, 2.05) is 24.4 Å². The van der Waals surface area contributed by atoms with Gasteiger partial charge in [-0.05, 0) is 24.6 Å². The molecule has 2 N–H and O–H groups in total. The molecule has 0 spiro atoms. The summed E-state index contributed by atoms with van der Waals surface area (Å²) in [6.45, 7) is 7.66. The molecule has 0 bridgehead atoms. The fraction of sp³-hybridized carbons (Fsp3) is 0.458. The number of fused-ring (bicyclic) bond motifs is 1. The first kappa shape index (κ1) is 22.5. The Kier molecular flexibility index (Phi) is 6.91. The van der Waals surface area contributed by atoms with Crippen LogP contribution in [-0.2, 0) is 4.79 Å². The lowest BCUT2D eigenvalue weighted by Gasteiger charge is -2.29. The van der Waals surface area contributed by atoms with Gasteiger partial charge in [-0.25, -0.2) is 4.98 Å². The van der Waals surface area contributed by atoms with Crippen LogP contribution in [0.15, 0.2) is 35.8 Å². The summed E-state index contributed by atoms with van der Waals surface area (Å²) in [5.74, 6) is 0.906. The van der Waals surface area contributed by atoms with Crippen molar-refractivity contribution in [1.29, 1.82) is 0 Å². The molecule has 3 heterocycles. The number of hydrogen-bond acceptors (Lipinski definition) is 7. The lowest BCUT2D eigenvalue weighted by Crippen LogP contribution is -2.36. The zero-order valence-corrected chi connectivity index (χ0v) is 19.8. The fourth-order valence-electron chi connectivity index (χ4n) is 4.38. The van der Waals surface area contributed by atoms with Crippen molar-refractivity contribution in [2.75, 3.05) is 38.2 Å². The van der Waals surface area contributed by atoms with Crippen LogP contribution in [0.1, 0.15) is 49.4 Å². The molecule has 1 amide bonds. The Morgan fingerprint density at radius 3 is 2.78 bits per heavy atom. The Balaban J connectivity index is 1.60. The van der Waals surface area contributed by atoms with Gasteiger partial charge in [0.05, 0.1) is 29.4 Å². The van der Waals surface area contributed by atoms with Crippen LogP contribution < -0.4 is 15.4 Å². The van der Waals surface area contributed by atoms with E-state index < -0.39 is 0 Å². The number of aromatic nitrogens is 2. The number of rotatable bonds is 7. The van der Waals surface area contributed by atoms with E-state index in [9.17, 15) is 4.79 Å². The SMILES string of the molecule is COc1ccc2cccnc2c1N1CCCN(C(CC(N)=O)c2csc(C(C)C)n2)CC1. The summed E-state index contributed by atoms with van der Waals surface area (Å²) in [6, 6.07) is 8.00. The quantitative estimate of drug-likeness (QED) is 0.583. The maximum absolute atomic E-state index is 11.9. The van der Waals surface area contributed by atoms with Crippen molar-refractivity contribution < 1.29 is 9.53 Å². The number of primary amides is 1. The van der Waals surface area contributed by atoms with Gasteiger partial charge in [0, 0.05) is 55.5 Å². The molecule has 1 aromatic carbocycles. The van der Waals surface area contributed by atoms with E-state index in [0.717, 1.165) is 65.6 Å². The minimum Gasteiger partial charge on any atom is -0.494 e. The molecule has 1 fully saturated rings. The molecule has 7 nitrogen and oxygen atoms in total. The van der Waals surface area contributed by atoms with E-state index in [0.29, 0.717) is 5.92 Å². The van der Waals surface area contributed by atoms with Gasteiger partial charge in [0.25, 0.3) is 0 Å². The topological polar surface area (TPSA) is 84.6 Å². The molecule has 0 saturated carbocycles. The van der Waals surface area contributed by atoms with Crippen molar-refractivity contribution >= 4 is 33.8 Å². The van der Waals surface area contributed by atoms with E-state index in [-0.39, 0.29) is 18.4 Å². The average Bonchev–Trinajstić information content (AvgIpc) is 3.16. The highest BCUT2D eigenvalue weighted by atomic mass is 32.1. The predicted octanol–water partition coefficient (Wildman–Crippen LogP) is 3.95. The number of nitrogens with zero attached hydrogens (tertiary/aromatic N) is 4. The molecular weight excluding hydrogens is 422 g/mol. The second kappa shape index (κ2) is 9.83. The van der Waals surface area contributed by atoms with Crippen LogP contribution in [0, 0.1) is 0 Å². The first-order chi connectivity index (χ1) is 15.5. The number of hydrogen-bond donors (Lipinski definition) is 1. The Labute approximate surface area is 193 Å². The minimum atomic E-state index is -0.296. The molecular formula is C24H31N5O2S. The second-order valence-corrected chi connectivity index (χ2v) is 9.41. The van der Waals surface area contributed by atoms with Gasteiger partial charge in [-0.15, -0.1) is 11.3 Å². The first-order valence-corrected chi connectivity index (χ1v) is 12.0. The number of anilines is 1. The maximum Gasteiger partial charge on any atom is 0.219 e. The molecule has 2 aromatic heterocycles. The Hall–Kier alpha value is -2.71. The highest BCUT2D eigenvalue weighted by molar-refractivity contribution is 7.09. The maximum atomic E-state index is 11.9. The third-order valence-electron chi connectivity index (χ3n) is 5.99. The molecule has 1 atom stereocenters. The Bertz CT molecular complexity index is 1080. The number of thiazole rings is 1. The number of carbonyl (C=O) groups excluding carboxylic acids is 1. The molecule has 8 heteroatoms. The van der Waals surface area contributed by atoms with E-state index in [4.69, 9.17) is 15.5 Å². The van der Waals surface area contributed by atoms with Crippen LogP contribution in [0.25, 0.3) is 10.9 Å².